The molecular formula is C26H18Cl2N2. The average molecular weight is 429 g/mol. The summed E-state index contributed by atoms with van der Waals surface area (Å²) in [5.41, 5.74) is 4.84. The molecule has 0 aromatic heterocycles. The molecule has 0 radical (unpaired) electrons. The normalized spacial score (nSPS) is 12.1. The van der Waals surface area contributed by atoms with E-state index < -0.39 is 0 Å². The minimum atomic E-state index is 0.637. The minimum Gasteiger partial charge on any atom is -0.246 e. The van der Waals surface area contributed by atoms with Gasteiger partial charge in [0.05, 0.1) is 22.8 Å². The van der Waals surface area contributed by atoms with E-state index in [-0.39, 0.29) is 0 Å². The summed E-state index contributed by atoms with van der Waals surface area (Å²) in [6, 6.07) is 34.9. The lowest BCUT2D eigenvalue weighted by atomic mass is 9.99. The Hall–Kier alpha value is -3.20. The van der Waals surface area contributed by atoms with Gasteiger partial charge in [0.25, 0.3) is 0 Å². The van der Waals surface area contributed by atoms with Gasteiger partial charge in [0, 0.05) is 21.2 Å². The molecule has 0 atom stereocenters. The molecule has 0 aliphatic rings. The Morgan fingerprint density at radius 3 is 1.23 bits per heavy atom. The van der Waals surface area contributed by atoms with Crippen molar-refractivity contribution in [2.75, 3.05) is 0 Å². The van der Waals surface area contributed by atoms with E-state index in [2.05, 4.69) is 0 Å². The number of nitrogens with zero attached hydrogens (tertiary/aromatic N) is 2. The van der Waals surface area contributed by atoms with Crippen molar-refractivity contribution in [2.45, 2.75) is 0 Å². The summed E-state index contributed by atoms with van der Waals surface area (Å²) in [6.07, 6.45) is 0. The van der Waals surface area contributed by atoms with Crippen LogP contribution in [0.4, 0.5) is 11.4 Å². The second-order valence-electron chi connectivity index (χ2n) is 6.61. The molecule has 30 heavy (non-hydrogen) atoms. The maximum absolute atomic E-state index is 6.31. The molecule has 0 aliphatic heterocycles. The molecule has 0 fully saturated rings. The van der Waals surface area contributed by atoms with Crippen LogP contribution in [-0.4, -0.2) is 11.4 Å². The molecule has 2 nitrogen and oxygen atoms in total. The van der Waals surface area contributed by atoms with E-state index in [1.807, 2.05) is 109 Å². The van der Waals surface area contributed by atoms with Gasteiger partial charge in [0.1, 0.15) is 0 Å². The van der Waals surface area contributed by atoms with Crippen molar-refractivity contribution in [1.82, 2.24) is 0 Å². The Morgan fingerprint density at radius 1 is 0.467 bits per heavy atom. The quantitative estimate of drug-likeness (QED) is 0.288. The second kappa shape index (κ2) is 9.53. The zero-order valence-electron chi connectivity index (χ0n) is 16.0. The van der Waals surface area contributed by atoms with Gasteiger partial charge in [-0.05, 0) is 48.5 Å². The summed E-state index contributed by atoms with van der Waals surface area (Å²) in [6.45, 7) is 0. The second-order valence-corrected chi connectivity index (χ2v) is 7.49. The van der Waals surface area contributed by atoms with Crippen molar-refractivity contribution >= 4 is 46.0 Å². The molecule has 146 valence electrons. The average Bonchev–Trinajstić information content (AvgIpc) is 2.77. The van der Waals surface area contributed by atoms with E-state index in [4.69, 9.17) is 33.2 Å². The summed E-state index contributed by atoms with van der Waals surface area (Å²) < 4.78 is 0. The van der Waals surface area contributed by atoms with Crippen molar-refractivity contribution in [3.63, 3.8) is 0 Å². The van der Waals surface area contributed by atoms with E-state index in [1.165, 1.54) is 0 Å². The van der Waals surface area contributed by atoms with Gasteiger partial charge >= 0.3 is 0 Å². The molecule has 0 aliphatic carbocycles. The zero-order valence-corrected chi connectivity index (χ0v) is 17.6. The highest BCUT2D eigenvalue weighted by Crippen LogP contribution is 2.23. The van der Waals surface area contributed by atoms with Gasteiger partial charge in [-0.2, -0.15) is 0 Å². The van der Waals surface area contributed by atoms with Crippen molar-refractivity contribution in [2.24, 2.45) is 9.98 Å². The standard InChI is InChI=1S/C26H18Cl2N2/c27-21-11-7-9-19(17-21)25(29-23-13-3-1-4-14-23)26(20-10-8-12-22(28)18-20)30-24-15-5-2-6-16-24/h1-18H. The van der Waals surface area contributed by atoms with Gasteiger partial charge in [-0.1, -0.05) is 83.9 Å². The third-order valence-corrected chi connectivity index (χ3v) is 4.88. The Labute approximate surface area is 186 Å². The summed E-state index contributed by atoms with van der Waals surface area (Å²) in [7, 11) is 0. The monoisotopic (exact) mass is 428 g/mol. The van der Waals surface area contributed by atoms with Crippen LogP contribution >= 0.6 is 23.2 Å². The Bertz CT molecular complexity index is 1100. The molecule has 0 heterocycles. The fourth-order valence-corrected chi connectivity index (χ4v) is 3.42. The van der Waals surface area contributed by atoms with Crippen molar-refractivity contribution in [1.29, 1.82) is 0 Å². The molecule has 0 bridgehead atoms. The van der Waals surface area contributed by atoms with E-state index in [9.17, 15) is 0 Å². The fraction of sp³-hybridized carbons (Fsp3) is 0. The maximum Gasteiger partial charge on any atom is 0.0972 e. The predicted octanol–water partition coefficient (Wildman–Crippen LogP) is 7.94. The summed E-state index contributed by atoms with van der Waals surface area (Å²) in [5, 5.41) is 1.27. The molecule has 4 heteroatoms. The minimum absolute atomic E-state index is 0.637. The number of hydrogen-bond donors (Lipinski definition) is 0. The molecule has 0 saturated carbocycles. The topological polar surface area (TPSA) is 24.7 Å². The number of hydrogen-bond acceptors (Lipinski definition) is 2. The predicted molar refractivity (Wildman–Crippen MR) is 128 cm³/mol. The number of halogens is 2. The molecule has 0 unspecified atom stereocenters. The molecule has 4 rings (SSSR count). The van der Waals surface area contributed by atoms with Crippen LogP contribution in [0, 0.1) is 0 Å². The van der Waals surface area contributed by atoms with Gasteiger partial charge in [0.2, 0.25) is 0 Å². The largest absolute Gasteiger partial charge is 0.246 e. The van der Waals surface area contributed by atoms with E-state index in [0.717, 1.165) is 33.9 Å². The van der Waals surface area contributed by atoms with E-state index in [1.54, 1.807) is 0 Å². The maximum atomic E-state index is 6.31. The lowest BCUT2D eigenvalue weighted by molar-refractivity contribution is 1.47. The summed E-state index contributed by atoms with van der Waals surface area (Å²) in [4.78, 5) is 9.91. The number of aliphatic imine (C=N–C) groups is 2. The molecule has 4 aromatic carbocycles. The van der Waals surface area contributed by atoms with Crippen LogP contribution < -0.4 is 0 Å². The fourth-order valence-electron chi connectivity index (χ4n) is 3.04. The lowest BCUT2D eigenvalue weighted by Gasteiger charge is -2.13. The van der Waals surface area contributed by atoms with Gasteiger partial charge in [-0.3, -0.25) is 0 Å². The van der Waals surface area contributed by atoms with Crippen LogP contribution in [0.5, 0.6) is 0 Å². The highest BCUT2D eigenvalue weighted by Gasteiger charge is 2.16. The number of para-hydroxylation sites is 2. The van der Waals surface area contributed by atoms with Crippen LogP contribution in [0.2, 0.25) is 10.0 Å². The Morgan fingerprint density at radius 2 is 0.867 bits per heavy atom. The molecule has 4 aromatic rings. The van der Waals surface area contributed by atoms with Crippen molar-refractivity contribution in [3.05, 3.63) is 130 Å². The summed E-state index contributed by atoms with van der Waals surface area (Å²) in [5.74, 6) is 0. The van der Waals surface area contributed by atoms with Crippen molar-refractivity contribution < 1.29 is 0 Å². The van der Waals surface area contributed by atoms with Gasteiger partial charge in [-0.15, -0.1) is 0 Å². The molecule has 0 saturated heterocycles. The zero-order chi connectivity index (χ0) is 20.8. The first-order valence-corrected chi connectivity index (χ1v) is 10.2. The molecule has 0 amide bonds. The van der Waals surface area contributed by atoms with Crippen LogP contribution in [0.1, 0.15) is 11.1 Å². The first-order valence-electron chi connectivity index (χ1n) is 9.49. The lowest BCUT2D eigenvalue weighted by Crippen LogP contribution is -2.17. The Balaban J connectivity index is 1.98. The smallest absolute Gasteiger partial charge is 0.0972 e. The van der Waals surface area contributed by atoms with E-state index in [0.29, 0.717) is 10.0 Å². The molecule has 0 N–H and O–H groups in total. The van der Waals surface area contributed by atoms with Crippen molar-refractivity contribution in [3.8, 4) is 0 Å². The molecule has 0 spiro atoms. The van der Waals surface area contributed by atoms with Crippen LogP contribution in [0.3, 0.4) is 0 Å². The van der Waals surface area contributed by atoms with Crippen LogP contribution in [-0.2, 0) is 0 Å². The third kappa shape index (κ3) is 5.04. The first kappa shape index (κ1) is 20.1. The third-order valence-electron chi connectivity index (χ3n) is 4.41. The highest BCUT2D eigenvalue weighted by atomic mass is 35.5. The van der Waals surface area contributed by atoms with Gasteiger partial charge in [-0.25, -0.2) is 9.98 Å². The van der Waals surface area contributed by atoms with Crippen LogP contribution in [0.15, 0.2) is 119 Å². The van der Waals surface area contributed by atoms with E-state index >= 15 is 0 Å². The number of rotatable bonds is 5. The van der Waals surface area contributed by atoms with Gasteiger partial charge in [0.15, 0.2) is 0 Å². The summed E-state index contributed by atoms with van der Waals surface area (Å²) >= 11 is 12.6. The number of benzene rings is 4. The SMILES string of the molecule is Clc1cccc(C(=Nc2ccccc2)C(=Nc2ccccc2)c2cccc(Cl)c2)c1. The highest BCUT2D eigenvalue weighted by molar-refractivity contribution is 6.54. The van der Waals surface area contributed by atoms with Crippen LogP contribution in [0.25, 0.3) is 0 Å². The molecular weight excluding hydrogens is 411 g/mol. The Kier molecular flexibility index (Phi) is 6.38. The first-order chi connectivity index (χ1) is 14.7. The van der Waals surface area contributed by atoms with Gasteiger partial charge < -0.3 is 0 Å².